The average molecular weight is 289 g/mol. The van der Waals surface area contributed by atoms with Crippen molar-refractivity contribution in [2.24, 2.45) is 0 Å². The highest BCUT2D eigenvalue weighted by molar-refractivity contribution is 5.16. The van der Waals surface area contributed by atoms with Gasteiger partial charge in [-0.3, -0.25) is 4.68 Å². The monoisotopic (exact) mass is 289 g/mol. The van der Waals surface area contributed by atoms with Gasteiger partial charge in [-0.1, -0.05) is 26.0 Å². The van der Waals surface area contributed by atoms with Crippen LogP contribution < -0.4 is 5.32 Å². The minimum atomic E-state index is -0.170. The summed E-state index contributed by atoms with van der Waals surface area (Å²) in [4.78, 5) is 0. The first-order valence-electron chi connectivity index (χ1n) is 7.72. The van der Waals surface area contributed by atoms with Crippen molar-refractivity contribution in [1.82, 2.24) is 15.1 Å². The van der Waals surface area contributed by atoms with Gasteiger partial charge in [0, 0.05) is 12.7 Å². The molecule has 2 aromatic rings. The van der Waals surface area contributed by atoms with Crippen LogP contribution in [0.2, 0.25) is 0 Å². The van der Waals surface area contributed by atoms with Gasteiger partial charge in [0.05, 0.1) is 11.7 Å². The summed E-state index contributed by atoms with van der Waals surface area (Å²) in [5.74, 6) is -0.170. The van der Waals surface area contributed by atoms with Crippen LogP contribution in [0.5, 0.6) is 0 Å². The fourth-order valence-corrected chi connectivity index (χ4v) is 2.48. The van der Waals surface area contributed by atoms with Gasteiger partial charge in [-0.05, 0) is 49.6 Å². The van der Waals surface area contributed by atoms with Gasteiger partial charge in [-0.15, -0.1) is 0 Å². The molecule has 4 heteroatoms. The van der Waals surface area contributed by atoms with Crippen molar-refractivity contribution in [3.8, 4) is 0 Å². The standard InChI is InChI=1S/C17H24FN3/c1-3-17(4-2)21-11-9-16(20-21)13-19-10-8-14-6-5-7-15(18)12-14/h5-7,9,11-12,17,19H,3-4,8,10,13H2,1-2H3. The third-order valence-electron chi connectivity index (χ3n) is 3.77. The second-order valence-corrected chi connectivity index (χ2v) is 5.31. The van der Waals surface area contributed by atoms with E-state index in [2.05, 4.69) is 41.2 Å². The predicted octanol–water partition coefficient (Wildman–Crippen LogP) is 3.72. The number of hydrogen-bond donors (Lipinski definition) is 1. The lowest BCUT2D eigenvalue weighted by Gasteiger charge is -2.12. The van der Waals surface area contributed by atoms with Crippen LogP contribution in [-0.4, -0.2) is 16.3 Å². The molecule has 0 aliphatic rings. The van der Waals surface area contributed by atoms with Crippen molar-refractivity contribution >= 4 is 0 Å². The fraction of sp³-hybridized carbons (Fsp3) is 0.471. The number of aromatic nitrogens is 2. The Kier molecular flexibility index (Phi) is 5.93. The van der Waals surface area contributed by atoms with Crippen LogP contribution in [-0.2, 0) is 13.0 Å². The van der Waals surface area contributed by atoms with Gasteiger partial charge in [0.15, 0.2) is 0 Å². The van der Waals surface area contributed by atoms with Crippen LogP contribution in [0.25, 0.3) is 0 Å². The molecule has 114 valence electrons. The fourth-order valence-electron chi connectivity index (χ4n) is 2.48. The summed E-state index contributed by atoms with van der Waals surface area (Å²) in [5, 5.41) is 7.96. The van der Waals surface area contributed by atoms with E-state index < -0.39 is 0 Å². The third-order valence-corrected chi connectivity index (χ3v) is 3.77. The molecule has 3 nitrogen and oxygen atoms in total. The van der Waals surface area contributed by atoms with Gasteiger partial charge in [-0.2, -0.15) is 5.10 Å². The van der Waals surface area contributed by atoms with Crippen molar-refractivity contribution in [1.29, 1.82) is 0 Å². The van der Waals surface area contributed by atoms with Gasteiger partial charge >= 0.3 is 0 Å². The third kappa shape index (κ3) is 4.67. The molecule has 1 N–H and O–H groups in total. The van der Waals surface area contributed by atoms with Crippen LogP contribution in [0, 0.1) is 5.82 Å². The largest absolute Gasteiger partial charge is 0.311 e. The van der Waals surface area contributed by atoms with Gasteiger partial charge in [0.2, 0.25) is 0 Å². The van der Waals surface area contributed by atoms with E-state index >= 15 is 0 Å². The zero-order valence-corrected chi connectivity index (χ0v) is 12.8. The summed E-state index contributed by atoms with van der Waals surface area (Å²) in [6.45, 7) is 5.95. The minimum Gasteiger partial charge on any atom is -0.311 e. The maximum atomic E-state index is 13.1. The lowest BCUT2D eigenvalue weighted by Crippen LogP contribution is -2.17. The summed E-state index contributed by atoms with van der Waals surface area (Å²) < 4.78 is 15.1. The highest BCUT2D eigenvalue weighted by Crippen LogP contribution is 2.14. The van der Waals surface area contributed by atoms with E-state index in [0.29, 0.717) is 6.04 Å². The molecular formula is C17H24FN3. The Morgan fingerprint density at radius 3 is 2.76 bits per heavy atom. The molecule has 0 saturated carbocycles. The molecule has 1 aromatic heterocycles. The first kappa shape index (κ1) is 15.7. The van der Waals surface area contributed by atoms with E-state index in [1.807, 2.05) is 6.07 Å². The lowest BCUT2D eigenvalue weighted by molar-refractivity contribution is 0.424. The molecule has 0 saturated heterocycles. The van der Waals surface area contributed by atoms with Crippen molar-refractivity contribution < 1.29 is 4.39 Å². The molecule has 2 rings (SSSR count). The quantitative estimate of drug-likeness (QED) is 0.751. The lowest BCUT2D eigenvalue weighted by atomic mass is 10.1. The number of nitrogens with zero attached hydrogens (tertiary/aromatic N) is 2. The molecule has 0 atom stereocenters. The SMILES string of the molecule is CCC(CC)n1ccc(CNCCc2cccc(F)c2)n1. The number of nitrogens with one attached hydrogen (secondary N) is 1. The van der Waals surface area contributed by atoms with E-state index in [1.54, 1.807) is 12.1 Å². The topological polar surface area (TPSA) is 29.9 Å². The molecule has 1 heterocycles. The Bertz CT molecular complexity index is 546. The van der Waals surface area contributed by atoms with Crippen LogP contribution in [0.1, 0.15) is 44.0 Å². The molecule has 1 aromatic carbocycles. The number of rotatable bonds is 8. The Hall–Kier alpha value is -1.68. The van der Waals surface area contributed by atoms with E-state index in [-0.39, 0.29) is 5.82 Å². The van der Waals surface area contributed by atoms with Gasteiger partial charge < -0.3 is 5.32 Å². The molecule has 21 heavy (non-hydrogen) atoms. The molecule has 0 amide bonds. The van der Waals surface area contributed by atoms with Crippen molar-refractivity contribution in [2.45, 2.75) is 45.7 Å². The maximum Gasteiger partial charge on any atom is 0.123 e. The molecule has 0 aliphatic heterocycles. The van der Waals surface area contributed by atoms with Crippen molar-refractivity contribution in [3.63, 3.8) is 0 Å². The highest BCUT2D eigenvalue weighted by atomic mass is 19.1. The second kappa shape index (κ2) is 7.93. The second-order valence-electron chi connectivity index (χ2n) is 5.31. The number of hydrogen-bond acceptors (Lipinski definition) is 2. The molecular weight excluding hydrogens is 265 g/mol. The van der Waals surface area contributed by atoms with E-state index in [4.69, 9.17) is 0 Å². The van der Waals surface area contributed by atoms with E-state index in [9.17, 15) is 4.39 Å². The summed E-state index contributed by atoms with van der Waals surface area (Å²) in [6.07, 6.45) is 5.08. The molecule has 0 bridgehead atoms. The van der Waals surface area contributed by atoms with E-state index in [0.717, 1.165) is 43.6 Å². The average Bonchev–Trinajstić information content (AvgIpc) is 2.94. The van der Waals surface area contributed by atoms with Gasteiger partial charge in [0.1, 0.15) is 5.82 Å². The van der Waals surface area contributed by atoms with Crippen LogP contribution >= 0.6 is 0 Å². The number of benzene rings is 1. The Morgan fingerprint density at radius 2 is 2.05 bits per heavy atom. The first-order valence-corrected chi connectivity index (χ1v) is 7.72. The zero-order valence-electron chi connectivity index (χ0n) is 12.8. The van der Waals surface area contributed by atoms with Gasteiger partial charge in [-0.25, -0.2) is 4.39 Å². The molecule has 0 fully saturated rings. The van der Waals surface area contributed by atoms with Crippen LogP contribution in [0.15, 0.2) is 36.5 Å². The van der Waals surface area contributed by atoms with Gasteiger partial charge in [0.25, 0.3) is 0 Å². The summed E-state index contributed by atoms with van der Waals surface area (Å²) >= 11 is 0. The van der Waals surface area contributed by atoms with Crippen molar-refractivity contribution in [2.75, 3.05) is 6.54 Å². The Balaban J connectivity index is 1.76. The maximum absolute atomic E-state index is 13.1. The molecule has 0 spiro atoms. The van der Waals surface area contributed by atoms with Crippen LogP contribution in [0.3, 0.4) is 0 Å². The van der Waals surface area contributed by atoms with Crippen molar-refractivity contribution in [3.05, 3.63) is 53.6 Å². The minimum absolute atomic E-state index is 0.170. The molecule has 0 aliphatic carbocycles. The first-order chi connectivity index (χ1) is 10.2. The zero-order chi connectivity index (χ0) is 15.1. The smallest absolute Gasteiger partial charge is 0.123 e. The predicted molar refractivity (Wildman–Crippen MR) is 83.7 cm³/mol. The van der Waals surface area contributed by atoms with E-state index in [1.165, 1.54) is 6.07 Å². The van der Waals surface area contributed by atoms with Crippen LogP contribution in [0.4, 0.5) is 4.39 Å². The Morgan fingerprint density at radius 1 is 1.24 bits per heavy atom. The summed E-state index contributed by atoms with van der Waals surface area (Å²) in [6, 6.07) is 9.32. The summed E-state index contributed by atoms with van der Waals surface area (Å²) in [5.41, 5.74) is 2.08. The molecule has 0 unspecified atom stereocenters. The highest BCUT2D eigenvalue weighted by Gasteiger charge is 2.07. The summed E-state index contributed by atoms with van der Waals surface area (Å²) in [7, 11) is 0. The molecule has 0 radical (unpaired) electrons. The Labute approximate surface area is 126 Å². The normalized spacial score (nSPS) is 11.2. The number of halogens is 1.